The van der Waals surface area contributed by atoms with Crippen molar-refractivity contribution in [3.63, 3.8) is 0 Å². The van der Waals surface area contributed by atoms with E-state index in [9.17, 15) is 4.79 Å². The van der Waals surface area contributed by atoms with Crippen LogP contribution in [-0.2, 0) is 4.74 Å². The third-order valence-corrected chi connectivity index (χ3v) is 3.27. The third kappa shape index (κ3) is 3.70. The first kappa shape index (κ1) is 15.1. The number of carbonyl (C=O) groups excluding carboxylic acids is 1. The molecule has 1 aromatic carbocycles. The number of carbonyl (C=O) groups is 1. The molecule has 7 nitrogen and oxygen atoms in total. The fourth-order valence-corrected chi connectivity index (χ4v) is 2.09. The van der Waals surface area contributed by atoms with Crippen molar-refractivity contribution in [1.82, 2.24) is 4.98 Å². The number of hydrogen-bond donors (Lipinski definition) is 2. The van der Waals surface area contributed by atoms with E-state index < -0.39 is 0 Å². The largest absolute Gasteiger partial charge is 0.454 e. The number of benzene rings is 1. The summed E-state index contributed by atoms with van der Waals surface area (Å²) in [5, 5.41) is 5.90. The molecule has 0 atom stereocenters. The molecule has 0 radical (unpaired) electrons. The van der Waals surface area contributed by atoms with E-state index in [-0.39, 0.29) is 12.7 Å². The van der Waals surface area contributed by atoms with Crippen LogP contribution < -0.4 is 20.1 Å². The Labute approximate surface area is 133 Å². The van der Waals surface area contributed by atoms with Gasteiger partial charge in [0.05, 0.1) is 18.5 Å². The predicted octanol–water partition coefficient (Wildman–Crippen LogP) is 2.12. The zero-order valence-corrected chi connectivity index (χ0v) is 12.7. The molecule has 1 aliphatic rings. The number of pyridine rings is 1. The van der Waals surface area contributed by atoms with Gasteiger partial charge in [-0.1, -0.05) is 0 Å². The molecule has 0 spiro atoms. The lowest BCUT2D eigenvalue weighted by atomic mass is 10.2. The Hall–Kier alpha value is -2.80. The summed E-state index contributed by atoms with van der Waals surface area (Å²) < 4.78 is 15.4. The van der Waals surface area contributed by atoms with Crippen LogP contribution in [0.2, 0.25) is 0 Å². The van der Waals surface area contributed by atoms with E-state index in [2.05, 4.69) is 15.6 Å². The summed E-state index contributed by atoms with van der Waals surface area (Å²) in [6.45, 7) is 1.46. The smallest absolute Gasteiger partial charge is 0.255 e. The van der Waals surface area contributed by atoms with Crippen LogP contribution >= 0.6 is 0 Å². The van der Waals surface area contributed by atoms with Crippen molar-refractivity contribution in [3.05, 3.63) is 42.1 Å². The van der Waals surface area contributed by atoms with Gasteiger partial charge in [-0.15, -0.1) is 0 Å². The molecule has 3 rings (SSSR count). The summed E-state index contributed by atoms with van der Waals surface area (Å²) in [6, 6.07) is 8.65. The van der Waals surface area contributed by atoms with Crippen LogP contribution in [0.4, 0.5) is 11.5 Å². The molecule has 0 aliphatic carbocycles. The molecule has 0 saturated carbocycles. The number of nitrogens with zero attached hydrogens (tertiary/aromatic N) is 1. The highest BCUT2D eigenvalue weighted by Crippen LogP contribution is 2.32. The van der Waals surface area contributed by atoms with Gasteiger partial charge >= 0.3 is 0 Å². The van der Waals surface area contributed by atoms with Crippen LogP contribution in [0, 0.1) is 0 Å². The van der Waals surface area contributed by atoms with Gasteiger partial charge in [-0.05, 0) is 30.3 Å². The van der Waals surface area contributed by atoms with Crippen LogP contribution in [0.1, 0.15) is 10.4 Å². The van der Waals surface area contributed by atoms with Gasteiger partial charge in [0.15, 0.2) is 11.5 Å². The standard InChI is InChI=1S/C16H17N3O4/c1-21-7-6-17-15-5-3-12(9-18-15)19-16(20)11-2-4-13-14(8-11)23-10-22-13/h2-5,8-9H,6-7,10H2,1H3,(H,17,18)(H,19,20). The average Bonchev–Trinajstić information content (AvgIpc) is 3.04. The molecular weight excluding hydrogens is 298 g/mol. The fraction of sp³-hybridized carbons (Fsp3) is 0.250. The highest BCUT2D eigenvalue weighted by molar-refractivity contribution is 6.04. The Kier molecular flexibility index (Phi) is 4.58. The molecule has 7 heteroatoms. The molecule has 2 aromatic rings. The average molecular weight is 315 g/mol. The maximum absolute atomic E-state index is 12.2. The molecule has 1 aliphatic heterocycles. The number of aromatic nitrogens is 1. The summed E-state index contributed by atoms with van der Waals surface area (Å²) in [5.74, 6) is 1.72. The molecule has 0 bridgehead atoms. The normalized spacial score (nSPS) is 12.0. The Morgan fingerprint density at radius 2 is 2.13 bits per heavy atom. The van der Waals surface area contributed by atoms with Gasteiger partial charge in [-0.25, -0.2) is 4.98 Å². The highest BCUT2D eigenvalue weighted by atomic mass is 16.7. The first-order valence-electron chi connectivity index (χ1n) is 7.16. The van der Waals surface area contributed by atoms with Gasteiger partial charge < -0.3 is 24.8 Å². The number of rotatable bonds is 6. The van der Waals surface area contributed by atoms with E-state index in [1.165, 1.54) is 0 Å². The van der Waals surface area contributed by atoms with E-state index >= 15 is 0 Å². The van der Waals surface area contributed by atoms with Gasteiger partial charge in [-0.2, -0.15) is 0 Å². The van der Waals surface area contributed by atoms with E-state index in [1.807, 2.05) is 0 Å². The maximum Gasteiger partial charge on any atom is 0.255 e. The summed E-state index contributed by atoms with van der Waals surface area (Å²) in [5.41, 5.74) is 1.11. The lowest BCUT2D eigenvalue weighted by Crippen LogP contribution is -2.12. The Balaban J connectivity index is 1.61. The minimum Gasteiger partial charge on any atom is -0.454 e. The van der Waals surface area contributed by atoms with Crippen LogP contribution in [-0.4, -0.2) is 37.9 Å². The van der Waals surface area contributed by atoms with E-state index in [4.69, 9.17) is 14.2 Å². The second-order valence-corrected chi connectivity index (χ2v) is 4.87. The van der Waals surface area contributed by atoms with Crippen molar-refractivity contribution in [2.24, 2.45) is 0 Å². The minimum atomic E-state index is -0.231. The van der Waals surface area contributed by atoms with E-state index in [0.29, 0.717) is 35.9 Å². The zero-order valence-electron chi connectivity index (χ0n) is 12.7. The number of ether oxygens (including phenoxy) is 3. The molecule has 0 unspecified atom stereocenters. The lowest BCUT2D eigenvalue weighted by Gasteiger charge is -2.08. The van der Waals surface area contributed by atoms with Crippen molar-refractivity contribution in [2.75, 3.05) is 37.7 Å². The van der Waals surface area contributed by atoms with E-state index in [0.717, 1.165) is 5.82 Å². The van der Waals surface area contributed by atoms with E-state index in [1.54, 1.807) is 43.6 Å². The number of anilines is 2. The van der Waals surface area contributed by atoms with Gasteiger partial charge in [-0.3, -0.25) is 4.79 Å². The predicted molar refractivity (Wildman–Crippen MR) is 85.1 cm³/mol. The van der Waals surface area contributed by atoms with Gasteiger partial charge in [0.25, 0.3) is 5.91 Å². The minimum absolute atomic E-state index is 0.182. The molecule has 2 N–H and O–H groups in total. The number of methoxy groups -OCH3 is 1. The first-order chi connectivity index (χ1) is 11.3. The summed E-state index contributed by atoms with van der Waals surface area (Å²) in [7, 11) is 1.64. The molecule has 120 valence electrons. The fourth-order valence-electron chi connectivity index (χ4n) is 2.09. The number of hydrogen-bond acceptors (Lipinski definition) is 6. The van der Waals surface area contributed by atoms with Crippen LogP contribution in [0.3, 0.4) is 0 Å². The van der Waals surface area contributed by atoms with Crippen molar-refractivity contribution in [2.45, 2.75) is 0 Å². The number of fused-ring (bicyclic) bond motifs is 1. The van der Waals surface area contributed by atoms with Crippen LogP contribution in [0.5, 0.6) is 11.5 Å². The molecule has 1 aromatic heterocycles. The molecule has 23 heavy (non-hydrogen) atoms. The topological polar surface area (TPSA) is 81.7 Å². The summed E-state index contributed by atoms with van der Waals surface area (Å²) in [4.78, 5) is 16.5. The SMILES string of the molecule is COCCNc1ccc(NC(=O)c2ccc3c(c2)OCO3)cn1. The van der Waals surface area contributed by atoms with Crippen molar-refractivity contribution < 1.29 is 19.0 Å². The molecule has 0 fully saturated rings. The second-order valence-electron chi connectivity index (χ2n) is 4.87. The van der Waals surface area contributed by atoms with Gasteiger partial charge in [0.1, 0.15) is 5.82 Å². The zero-order chi connectivity index (χ0) is 16.1. The number of amides is 1. The van der Waals surface area contributed by atoms with Gasteiger partial charge in [0, 0.05) is 19.2 Å². The maximum atomic E-state index is 12.2. The number of nitrogens with one attached hydrogen (secondary N) is 2. The summed E-state index contributed by atoms with van der Waals surface area (Å²) >= 11 is 0. The Bertz CT molecular complexity index is 688. The van der Waals surface area contributed by atoms with Crippen LogP contribution in [0.15, 0.2) is 36.5 Å². The summed E-state index contributed by atoms with van der Waals surface area (Å²) in [6.07, 6.45) is 1.60. The lowest BCUT2D eigenvalue weighted by molar-refractivity contribution is 0.102. The Morgan fingerprint density at radius 3 is 2.91 bits per heavy atom. The molecule has 2 heterocycles. The molecular formula is C16H17N3O4. The van der Waals surface area contributed by atoms with Crippen molar-refractivity contribution in [3.8, 4) is 11.5 Å². The quantitative estimate of drug-likeness (QED) is 0.795. The van der Waals surface area contributed by atoms with Gasteiger partial charge in [0.2, 0.25) is 6.79 Å². The highest BCUT2D eigenvalue weighted by Gasteiger charge is 2.16. The van der Waals surface area contributed by atoms with Crippen molar-refractivity contribution in [1.29, 1.82) is 0 Å². The molecule has 1 amide bonds. The third-order valence-electron chi connectivity index (χ3n) is 3.27. The van der Waals surface area contributed by atoms with Crippen LogP contribution in [0.25, 0.3) is 0 Å². The van der Waals surface area contributed by atoms with Crippen molar-refractivity contribution >= 4 is 17.4 Å². The monoisotopic (exact) mass is 315 g/mol. The molecule has 0 saturated heterocycles. The first-order valence-corrected chi connectivity index (χ1v) is 7.16. The second kappa shape index (κ2) is 6.97. The Morgan fingerprint density at radius 1 is 1.26 bits per heavy atom.